The summed E-state index contributed by atoms with van der Waals surface area (Å²) < 4.78 is 34.8. The van der Waals surface area contributed by atoms with Crippen LogP contribution in [0.2, 0.25) is 0 Å². The van der Waals surface area contributed by atoms with Crippen LogP contribution in [0.15, 0.2) is 0 Å². The summed E-state index contributed by atoms with van der Waals surface area (Å²) in [4.78, 5) is 0. The highest BCUT2D eigenvalue weighted by molar-refractivity contribution is 7.80. The third-order valence-electron chi connectivity index (χ3n) is 1.03. The number of nitrogens with one attached hydrogen (secondary N) is 2. The van der Waals surface area contributed by atoms with E-state index in [1.807, 2.05) is 6.92 Å². The Morgan fingerprint density at radius 1 is 1.33 bits per heavy atom. The molecule has 0 atom stereocenters. The fourth-order valence-electron chi connectivity index (χ4n) is 0.541. The molecule has 6 heteroatoms. The predicted molar refractivity (Wildman–Crippen MR) is 44.9 cm³/mol. The molecular weight excluding hydrogens is 189 g/mol. The van der Waals surface area contributed by atoms with Gasteiger partial charge in [0.2, 0.25) is 0 Å². The van der Waals surface area contributed by atoms with Crippen molar-refractivity contribution >= 4 is 17.3 Å². The first-order chi connectivity index (χ1) is 5.45. The highest BCUT2D eigenvalue weighted by atomic mass is 32.1. The van der Waals surface area contributed by atoms with Gasteiger partial charge in [-0.15, -0.1) is 0 Å². The molecule has 0 aliphatic heterocycles. The maximum absolute atomic E-state index is 11.6. The summed E-state index contributed by atoms with van der Waals surface area (Å²) in [6.07, 6.45) is -4.98. The van der Waals surface area contributed by atoms with Gasteiger partial charge in [-0.3, -0.25) is 0 Å². The minimum Gasteiger partial charge on any atom is -0.363 e. The Labute approximate surface area is 74.5 Å². The Balaban J connectivity index is 3.37. The number of hydrogen-bond donors (Lipinski definition) is 2. The van der Waals surface area contributed by atoms with Crippen LogP contribution in [0, 0.1) is 0 Å². The molecule has 0 rings (SSSR count). The lowest BCUT2D eigenvalue weighted by molar-refractivity contribution is -0.132. The summed E-state index contributed by atoms with van der Waals surface area (Å²) in [6.45, 7) is 2.25. The molecule has 0 radical (unpaired) electrons. The minimum absolute atomic E-state index is 0.171. The van der Waals surface area contributed by atoms with Crippen LogP contribution in [0.1, 0.15) is 13.3 Å². The summed E-state index contributed by atoms with van der Waals surface area (Å²) in [5, 5.41) is 5.39. The molecule has 0 bridgehead atoms. The molecule has 12 heavy (non-hydrogen) atoms. The highest BCUT2D eigenvalue weighted by Crippen LogP contribution is 2.17. The smallest absolute Gasteiger partial charge is 0.363 e. The fraction of sp³-hybridized carbons (Fsp3) is 0.833. The van der Waals surface area contributed by atoms with Crippen molar-refractivity contribution in [1.29, 1.82) is 0 Å². The average molecular weight is 200 g/mol. The number of rotatable bonds is 3. The average Bonchev–Trinajstić information content (AvgIpc) is 1.84. The van der Waals surface area contributed by atoms with Gasteiger partial charge >= 0.3 is 6.18 Å². The minimum atomic E-state index is -4.12. The van der Waals surface area contributed by atoms with Gasteiger partial charge in [0, 0.05) is 13.1 Å². The second-order valence-electron chi connectivity index (χ2n) is 2.15. The molecule has 0 aliphatic rings. The first kappa shape index (κ1) is 11.5. The van der Waals surface area contributed by atoms with E-state index in [4.69, 9.17) is 0 Å². The quantitative estimate of drug-likeness (QED) is 0.674. The van der Waals surface area contributed by atoms with Gasteiger partial charge in [0.25, 0.3) is 0 Å². The van der Waals surface area contributed by atoms with E-state index in [1.54, 1.807) is 0 Å². The van der Waals surface area contributed by atoms with Gasteiger partial charge in [0.1, 0.15) is 0 Å². The van der Waals surface area contributed by atoms with Crippen molar-refractivity contribution in [2.24, 2.45) is 0 Å². The topological polar surface area (TPSA) is 24.1 Å². The number of thiocarbonyl (C=S) groups is 1. The van der Waals surface area contributed by atoms with Gasteiger partial charge in [-0.1, -0.05) is 0 Å². The highest BCUT2D eigenvalue weighted by Gasteiger charge is 2.26. The van der Waals surface area contributed by atoms with Gasteiger partial charge in [-0.2, -0.15) is 13.2 Å². The summed E-state index contributed by atoms with van der Waals surface area (Å²) in [5.41, 5.74) is 0. The second kappa shape index (κ2) is 5.18. The first-order valence-electron chi connectivity index (χ1n) is 3.54. The Morgan fingerprint density at radius 2 is 1.92 bits per heavy atom. The van der Waals surface area contributed by atoms with E-state index in [1.165, 1.54) is 0 Å². The maximum atomic E-state index is 11.6. The molecule has 2 N–H and O–H groups in total. The number of halogens is 3. The van der Waals surface area contributed by atoms with Crippen molar-refractivity contribution in [3.8, 4) is 0 Å². The van der Waals surface area contributed by atoms with Crippen molar-refractivity contribution in [2.75, 3.05) is 13.1 Å². The van der Waals surface area contributed by atoms with Crippen LogP contribution in [0.3, 0.4) is 0 Å². The molecule has 0 fully saturated rings. The van der Waals surface area contributed by atoms with E-state index in [9.17, 15) is 13.2 Å². The van der Waals surface area contributed by atoms with E-state index in [-0.39, 0.29) is 11.7 Å². The third-order valence-corrected chi connectivity index (χ3v) is 1.32. The Kier molecular flexibility index (Phi) is 4.96. The molecule has 0 aromatic heterocycles. The second-order valence-corrected chi connectivity index (χ2v) is 2.56. The summed E-state index contributed by atoms with van der Waals surface area (Å²) in [7, 11) is 0. The van der Waals surface area contributed by atoms with Gasteiger partial charge in [0.05, 0.1) is 6.42 Å². The standard InChI is InChI=1S/C6H11F3N2S/c1-2-10-5(12)11-4-3-6(7,8)9/h2-4H2,1H3,(H2,10,11,12). The molecule has 0 spiro atoms. The molecule has 0 amide bonds. The maximum Gasteiger partial charge on any atom is 0.390 e. The summed E-state index contributed by atoms with van der Waals surface area (Å²) >= 11 is 4.65. The van der Waals surface area contributed by atoms with Crippen molar-refractivity contribution in [2.45, 2.75) is 19.5 Å². The summed E-state index contributed by atoms with van der Waals surface area (Å²) in [5.74, 6) is 0. The molecular formula is C6H11F3N2S. The van der Waals surface area contributed by atoms with Crippen LogP contribution in [0.4, 0.5) is 13.2 Å². The lowest BCUT2D eigenvalue weighted by atomic mass is 10.4. The molecule has 0 unspecified atom stereocenters. The van der Waals surface area contributed by atoms with E-state index in [2.05, 4.69) is 22.9 Å². The van der Waals surface area contributed by atoms with Crippen molar-refractivity contribution < 1.29 is 13.2 Å². The Morgan fingerprint density at radius 3 is 2.33 bits per heavy atom. The van der Waals surface area contributed by atoms with E-state index < -0.39 is 12.6 Å². The first-order valence-corrected chi connectivity index (χ1v) is 3.95. The van der Waals surface area contributed by atoms with E-state index in [0.717, 1.165) is 0 Å². The fourth-order valence-corrected chi connectivity index (χ4v) is 0.787. The zero-order chi connectivity index (χ0) is 9.61. The predicted octanol–water partition coefficient (Wildman–Crippen LogP) is 1.42. The molecule has 0 aliphatic carbocycles. The number of hydrogen-bond acceptors (Lipinski definition) is 1. The van der Waals surface area contributed by atoms with Crippen molar-refractivity contribution in [3.05, 3.63) is 0 Å². The van der Waals surface area contributed by atoms with Gasteiger partial charge in [-0.25, -0.2) is 0 Å². The van der Waals surface area contributed by atoms with Crippen LogP contribution < -0.4 is 10.6 Å². The molecule has 72 valence electrons. The Hall–Kier alpha value is -0.520. The Bertz CT molecular complexity index is 146. The van der Waals surface area contributed by atoms with Gasteiger partial charge in [0.15, 0.2) is 5.11 Å². The molecule has 0 saturated heterocycles. The van der Waals surface area contributed by atoms with Crippen molar-refractivity contribution in [3.63, 3.8) is 0 Å². The monoisotopic (exact) mass is 200 g/mol. The van der Waals surface area contributed by atoms with Crippen LogP contribution in [-0.2, 0) is 0 Å². The van der Waals surface area contributed by atoms with E-state index in [0.29, 0.717) is 6.54 Å². The van der Waals surface area contributed by atoms with Crippen LogP contribution >= 0.6 is 12.2 Å². The van der Waals surface area contributed by atoms with Crippen LogP contribution in [-0.4, -0.2) is 24.4 Å². The van der Waals surface area contributed by atoms with Gasteiger partial charge in [-0.05, 0) is 19.1 Å². The lowest BCUT2D eigenvalue weighted by Gasteiger charge is -2.09. The molecule has 2 nitrogen and oxygen atoms in total. The van der Waals surface area contributed by atoms with E-state index >= 15 is 0 Å². The molecule has 0 aromatic rings. The molecule has 0 saturated carbocycles. The molecule has 0 aromatic carbocycles. The zero-order valence-corrected chi connectivity index (χ0v) is 7.48. The van der Waals surface area contributed by atoms with Crippen LogP contribution in [0.25, 0.3) is 0 Å². The normalized spacial score (nSPS) is 11.0. The number of alkyl halides is 3. The third kappa shape index (κ3) is 7.59. The lowest BCUT2D eigenvalue weighted by Crippen LogP contribution is -2.36. The molecule has 0 heterocycles. The largest absolute Gasteiger partial charge is 0.390 e. The van der Waals surface area contributed by atoms with Crippen molar-refractivity contribution in [1.82, 2.24) is 10.6 Å². The van der Waals surface area contributed by atoms with Gasteiger partial charge < -0.3 is 10.6 Å². The van der Waals surface area contributed by atoms with Crippen LogP contribution in [0.5, 0.6) is 0 Å². The summed E-state index contributed by atoms with van der Waals surface area (Å²) in [6, 6.07) is 0. The SMILES string of the molecule is CCNC(=S)NCCC(F)(F)F. The zero-order valence-electron chi connectivity index (χ0n) is 6.66.